The van der Waals surface area contributed by atoms with E-state index in [1.165, 1.54) is 45.3 Å². The summed E-state index contributed by atoms with van der Waals surface area (Å²) in [5, 5.41) is 9.11. The highest BCUT2D eigenvalue weighted by Gasteiger charge is 2.31. The molecule has 5 heteroatoms. The van der Waals surface area contributed by atoms with Crippen LogP contribution >= 0.6 is 11.8 Å². The summed E-state index contributed by atoms with van der Waals surface area (Å²) in [6.45, 7) is 6.92. The number of likely N-dealkylation sites (tertiary alicyclic amines) is 1. The predicted molar refractivity (Wildman–Crippen MR) is 84.4 cm³/mol. The minimum atomic E-state index is -0.649. The first-order valence-electron chi connectivity index (χ1n) is 7.98. The van der Waals surface area contributed by atoms with Crippen LogP contribution in [0.3, 0.4) is 0 Å². The molecular weight excluding hydrogens is 272 g/mol. The van der Waals surface area contributed by atoms with E-state index in [9.17, 15) is 4.79 Å². The zero-order chi connectivity index (χ0) is 14.4. The number of hydrogen-bond donors (Lipinski definition) is 1. The molecule has 0 aromatic rings. The van der Waals surface area contributed by atoms with Crippen molar-refractivity contribution in [3.05, 3.63) is 0 Å². The van der Waals surface area contributed by atoms with Crippen LogP contribution in [0, 0.1) is 0 Å². The number of aliphatic carboxylic acids is 1. The Balaban J connectivity index is 1.92. The number of carboxylic acid groups (broad SMARTS) is 1. The standard InChI is InChI=1S/C15H28N2O2S/c1-2-6-16-7-3-4-13(5-8-16)17-9-10-20-12-14(17)11-15(18)19/h13-14H,2-12H2,1H3,(H,18,19). The van der Waals surface area contributed by atoms with Crippen molar-refractivity contribution in [3.63, 3.8) is 0 Å². The Kier molecular flexibility index (Phi) is 6.65. The first-order valence-corrected chi connectivity index (χ1v) is 9.13. The number of hydrogen-bond acceptors (Lipinski definition) is 4. The second-order valence-electron chi connectivity index (χ2n) is 5.99. The van der Waals surface area contributed by atoms with Crippen LogP contribution in [-0.4, -0.2) is 70.6 Å². The fourth-order valence-corrected chi connectivity index (χ4v) is 4.62. The van der Waals surface area contributed by atoms with Crippen molar-refractivity contribution in [1.29, 1.82) is 0 Å². The predicted octanol–water partition coefficient (Wildman–Crippen LogP) is 2.14. The van der Waals surface area contributed by atoms with E-state index < -0.39 is 5.97 Å². The fraction of sp³-hybridized carbons (Fsp3) is 0.933. The molecule has 0 aromatic carbocycles. The van der Waals surface area contributed by atoms with Gasteiger partial charge in [-0.3, -0.25) is 9.69 Å². The molecule has 20 heavy (non-hydrogen) atoms. The quantitative estimate of drug-likeness (QED) is 0.843. The van der Waals surface area contributed by atoms with E-state index in [0.717, 1.165) is 18.1 Å². The normalized spacial score (nSPS) is 30.1. The molecular formula is C15H28N2O2S. The summed E-state index contributed by atoms with van der Waals surface area (Å²) in [5.74, 6) is 1.50. The zero-order valence-corrected chi connectivity index (χ0v) is 13.4. The van der Waals surface area contributed by atoms with E-state index in [4.69, 9.17) is 5.11 Å². The van der Waals surface area contributed by atoms with E-state index in [1.807, 2.05) is 11.8 Å². The lowest BCUT2D eigenvalue weighted by Gasteiger charge is -2.40. The largest absolute Gasteiger partial charge is 0.481 e. The second-order valence-corrected chi connectivity index (χ2v) is 7.14. The maximum Gasteiger partial charge on any atom is 0.304 e. The van der Waals surface area contributed by atoms with Crippen LogP contribution in [0.25, 0.3) is 0 Å². The molecule has 0 saturated carbocycles. The van der Waals surface area contributed by atoms with Crippen molar-refractivity contribution in [2.45, 2.75) is 51.1 Å². The highest BCUT2D eigenvalue weighted by atomic mass is 32.2. The number of carbonyl (C=O) groups is 1. The summed E-state index contributed by atoms with van der Waals surface area (Å²) in [5.41, 5.74) is 0. The maximum atomic E-state index is 11.1. The molecule has 2 aliphatic rings. The summed E-state index contributed by atoms with van der Waals surface area (Å²) in [7, 11) is 0. The minimum absolute atomic E-state index is 0.244. The molecule has 1 N–H and O–H groups in total. The first-order chi connectivity index (χ1) is 9.70. The Morgan fingerprint density at radius 3 is 2.90 bits per heavy atom. The highest BCUT2D eigenvalue weighted by Crippen LogP contribution is 2.26. The van der Waals surface area contributed by atoms with Gasteiger partial charge >= 0.3 is 5.97 Å². The Hall–Kier alpha value is -0.260. The van der Waals surface area contributed by atoms with Crippen molar-refractivity contribution >= 4 is 17.7 Å². The summed E-state index contributed by atoms with van der Waals surface area (Å²) in [6.07, 6.45) is 5.24. The van der Waals surface area contributed by atoms with Gasteiger partial charge in [0.25, 0.3) is 0 Å². The molecule has 0 aliphatic carbocycles. The third-order valence-corrected chi connectivity index (χ3v) is 5.57. The lowest BCUT2D eigenvalue weighted by molar-refractivity contribution is -0.138. The molecule has 0 spiro atoms. The molecule has 2 rings (SSSR count). The molecule has 4 nitrogen and oxygen atoms in total. The summed E-state index contributed by atoms with van der Waals surface area (Å²) >= 11 is 1.91. The van der Waals surface area contributed by atoms with Crippen LogP contribution in [0.1, 0.15) is 39.0 Å². The van der Waals surface area contributed by atoms with Gasteiger partial charge in [0, 0.05) is 30.1 Å². The molecule has 2 fully saturated rings. The Bertz CT molecular complexity index is 314. The van der Waals surface area contributed by atoms with Crippen LogP contribution in [0.2, 0.25) is 0 Å². The van der Waals surface area contributed by atoms with E-state index in [1.54, 1.807) is 0 Å². The molecule has 2 atom stereocenters. The minimum Gasteiger partial charge on any atom is -0.481 e. The average molecular weight is 300 g/mol. The maximum absolute atomic E-state index is 11.1. The summed E-state index contributed by atoms with van der Waals surface area (Å²) in [4.78, 5) is 16.1. The molecule has 0 bridgehead atoms. The number of rotatable bonds is 5. The van der Waals surface area contributed by atoms with Gasteiger partial charge < -0.3 is 10.0 Å². The lowest BCUT2D eigenvalue weighted by atomic mass is 10.0. The van der Waals surface area contributed by atoms with Gasteiger partial charge in [-0.2, -0.15) is 11.8 Å². The van der Waals surface area contributed by atoms with Gasteiger partial charge in [0.05, 0.1) is 6.42 Å². The Labute approximate surface area is 126 Å². The van der Waals surface area contributed by atoms with Gasteiger partial charge in [-0.15, -0.1) is 0 Å². The molecule has 2 unspecified atom stereocenters. The Morgan fingerprint density at radius 1 is 1.30 bits per heavy atom. The number of nitrogens with zero attached hydrogens (tertiary/aromatic N) is 2. The van der Waals surface area contributed by atoms with Crippen molar-refractivity contribution in [3.8, 4) is 0 Å². The van der Waals surface area contributed by atoms with Crippen LogP contribution in [-0.2, 0) is 4.79 Å². The first kappa shape index (κ1) is 16.1. The van der Waals surface area contributed by atoms with E-state index in [0.29, 0.717) is 12.5 Å². The van der Waals surface area contributed by atoms with Crippen molar-refractivity contribution in [1.82, 2.24) is 9.80 Å². The van der Waals surface area contributed by atoms with Crippen molar-refractivity contribution in [2.75, 3.05) is 37.7 Å². The molecule has 116 valence electrons. The number of carboxylic acids is 1. The van der Waals surface area contributed by atoms with E-state index in [-0.39, 0.29) is 6.04 Å². The van der Waals surface area contributed by atoms with Crippen molar-refractivity contribution in [2.24, 2.45) is 0 Å². The topological polar surface area (TPSA) is 43.8 Å². The van der Waals surface area contributed by atoms with Gasteiger partial charge in [0.1, 0.15) is 0 Å². The smallest absolute Gasteiger partial charge is 0.304 e. The molecule has 0 aromatic heterocycles. The van der Waals surface area contributed by atoms with E-state index in [2.05, 4.69) is 16.7 Å². The molecule has 2 heterocycles. The van der Waals surface area contributed by atoms with Crippen LogP contribution in [0.15, 0.2) is 0 Å². The number of thioether (sulfide) groups is 1. The average Bonchev–Trinajstić information content (AvgIpc) is 2.65. The lowest BCUT2D eigenvalue weighted by Crippen LogP contribution is -2.49. The molecule has 2 saturated heterocycles. The molecule has 0 amide bonds. The molecule has 0 radical (unpaired) electrons. The monoisotopic (exact) mass is 300 g/mol. The van der Waals surface area contributed by atoms with Gasteiger partial charge in [0.2, 0.25) is 0 Å². The fourth-order valence-electron chi connectivity index (χ4n) is 3.54. The van der Waals surface area contributed by atoms with Crippen molar-refractivity contribution < 1.29 is 9.90 Å². The second kappa shape index (κ2) is 8.25. The van der Waals surface area contributed by atoms with Crippen LogP contribution < -0.4 is 0 Å². The van der Waals surface area contributed by atoms with Crippen LogP contribution in [0.5, 0.6) is 0 Å². The van der Waals surface area contributed by atoms with Gasteiger partial charge in [0.15, 0.2) is 0 Å². The zero-order valence-electron chi connectivity index (χ0n) is 12.6. The third-order valence-electron chi connectivity index (χ3n) is 4.48. The third kappa shape index (κ3) is 4.64. The SMILES string of the molecule is CCCN1CCCC(N2CCSCC2CC(=O)O)CC1. The Morgan fingerprint density at radius 2 is 2.15 bits per heavy atom. The van der Waals surface area contributed by atoms with Crippen LogP contribution in [0.4, 0.5) is 0 Å². The van der Waals surface area contributed by atoms with E-state index >= 15 is 0 Å². The van der Waals surface area contributed by atoms with Gasteiger partial charge in [-0.1, -0.05) is 6.92 Å². The summed E-state index contributed by atoms with van der Waals surface area (Å²) in [6, 6.07) is 0.844. The highest BCUT2D eigenvalue weighted by molar-refractivity contribution is 7.99. The molecule has 2 aliphatic heterocycles. The van der Waals surface area contributed by atoms with Gasteiger partial charge in [-0.05, 0) is 45.3 Å². The van der Waals surface area contributed by atoms with Gasteiger partial charge in [-0.25, -0.2) is 0 Å². The summed E-state index contributed by atoms with van der Waals surface area (Å²) < 4.78 is 0.